The molecule has 0 unspecified atom stereocenters. The first kappa shape index (κ1) is 35.4. The summed E-state index contributed by atoms with van der Waals surface area (Å²) in [7, 11) is 5.75. The van der Waals surface area contributed by atoms with Crippen molar-refractivity contribution in [3.63, 3.8) is 0 Å². The lowest BCUT2D eigenvalue weighted by Crippen LogP contribution is -2.67. The monoisotopic (exact) mass is 717 g/mol. The third kappa shape index (κ3) is 6.35. The number of nitriles is 1. The number of aromatic nitrogens is 5. The van der Waals surface area contributed by atoms with Crippen LogP contribution in [0.5, 0.6) is 0 Å². The van der Waals surface area contributed by atoms with E-state index in [4.69, 9.17) is 38.2 Å². The first-order valence-electron chi connectivity index (χ1n) is 16.3. The molecule has 0 saturated carbocycles. The number of fused-ring (bicyclic) bond motifs is 4. The molecule has 3 aromatic heterocycles. The summed E-state index contributed by atoms with van der Waals surface area (Å²) in [5.74, 6) is 0.296. The lowest BCUT2D eigenvalue weighted by molar-refractivity contribution is -0.127. The highest BCUT2D eigenvalue weighted by Gasteiger charge is 2.43. The number of rotatable bonds is 7. The molecule has 0 atom stereocenters. The molecule has 11 nitrogen and oxygen atoms in total. The number of carbonyl (C=O) groups excluding carboxylic acids is 1. The molecule has 260 valence electrons. The van der Waals surface area contributed by atoms with Crippen LogP contribution >= 0.6 is 23.2 Å². The first-order valence-corrected chi connectivity index (χ1v) is 17.1. The molecule has 2 saturated heterocycles. The molecular weight excluding hydrogens is 680 g/mol. The highest BCUT2D eigenvalue weighted by molar-refractivity contribution is 6.44. The van der Waals surface area contributed by atoms with Crippen molar-refractivity contribution in [2.24, 2.45) is 0 Å². The lowest BCUT2D eigenvalue weighted by Gasteiger charge is -2.52. The number of likely N-dealkylation sites (N-methyl/N-ethyl adjacent to an activating group) is 1. The molecule has 0 radical (unpaired) electrons. The van der Waals surface area contributed by atoms with Crippen molar-refractivity contribution in [3.05, 3.63) is 64.5 Å². The van der Waals surface area contributed by atoms with Gasteiger partial charge in [-0.15, -0.1) is 5.10 Å². The van der Waals surface area contributed by atoms with Gasteiger partial charge in [0.25, 0.3) is 0 Å². The Labute approximate surface area is 299 Å². The number of anilines is 1. The predicted octanol–water partition coefficient (Wildman–Crippen LogP) is 6.68. The third-order valence-electron chi connectivity index (χ3n) is 9.64. The van der Waals surface area contributed by atoms with Crippen LogP contribution in [0.2, 0.25) is 10.0 Å². The van der Waals surface area contributed by atoms with Gasteiger partial charge in [-0.2, -0.15) is 5.26 Å². The zero-order chi connectivity index (χ0) is 35.7. The molecule has 2 aliphatic heterocycles. The number of likely N-dealkylation sites (tertiary alicyclic amines) is 1. The molecule has 0 bridgehead atoms. The fourth-order valence-electron chi connectivity index (χ4n) is 6.71. The van der Waals surface area contributed by atoms with Gasteiger partial charge in [-0.3, -0.25) is 9.78 Å². The van der Waals surface area contributed by atoms with Crippen LogP contribution in [-0.4, -0.2) is 100 Å². The number of halogens is 3. The fourth-order valence-corrected chi connectivity index (χ4v) is 7.41. The molecule has 0 N–H and O–H groups in total. The van der Waals surface area contributed by atoms with Gasteiger partial charge in [0.15, 0.2) is 11.3 Å². The zero-order valence-corrected chi connectivity index (χ0v) is 30.1. The van der Waals surface area contributed by atoms with E-state index in [0.717, 1.165) is 24.0 Å². The van der Waals surface area contributed by atoms with Crippen LogP contribution in [0.3, 0.4) is 0 Å². The van der Waals surface area contributed by atoms with E-state index in [0.29, 0.717) is 81.5 Å². The van der Waals surface area contributed by atoms with Crippen LogP contribution in [-0.2, 0) is 9.53 Å². The normalized spacial score (nSPS) is 16.2. The average Bonchev–Trinajstić information content (AvgIpc) is 3.54. The summed E-state index contributed by atoms with van der Waals surface area (Å²) >= 11 is 14.3. The molecule has 0 aliphatic carbocycles. The highest BCUT2D eigenvalue weighted by atomic mass is 35.5. The SMILES string of the molecule is CC#N.COC/C=C/C(=O)N1CCC(n2nnc3c(N4CC(C)(N(C)C)C4)nc4c(Cl)c(-c5ccc(F)c6cccnc56)c(Cl)cc4c32)CC1. The van der Waals surface area contributed by atoms with Gasteiger partial charge in [0.2, 0.25) is 5.91 Å². The average molecular weight is 719 g/mol. The summed E-state index contributed by atoms with van der Waals surface area (Å²) in [4.78, 5) is 28.6. The van der Waals surface area contributed by atoms with Gasteiger partial charge in [0.1, 0.15) is 11.3 Å². The number of amides is 1. The second kappa shape index (κ2) is 14.4. The maximum atomic E-state index is 14.8. The van der Waals surface area contributed by atoms with Crippen molar-refractivity contribution in [2.75, 3.05) is 58.9 Å². The van der Waals surface area contributed by atoms with Gasteiger partial charge < -0.3 is 19.4 Å². The maximum absolute atomic E-state index is 14.8. The van der Waals surface area contributed by atoms with Crippen LogP contribution < -0.4 is 4.90 Å². The van der Waals surface area contributed by atoms with E-state index in [1.807, 2.05) is 15.6 Å². The van der Waals surface area contributed by atoms with Crippen LogP contribution in [0, 0.1) is 17.1 Å². The summed E-state index contributed by atoms with van der Waals surface area (Å²) in [5, 5.41) is 18.5. The molecule has 2 fully saturated rings. The Hall–Kier alpha value is -4.41. The Bertz CT molecular complexity index is 2150. The first-order chi connectivity index (χ1) is 24.0. The van der Waals surface area contributed by atoms with E-state index in [1.54, 1.807) is 49.7 Å². The predicted molar refractivity (Wildman–Crippen MR) is 195 cm³/mol. The van der Waals surface area contributed by atoms with E-state index >= 15 is 0 Å². The van der Waals surface area contributed by atoms with Crippen molar-refractivity contribution in [1.82, 2.24) is 34.8 Å². The second-order valence-corrected chi connectivity index (χ2v) is 13.8. The van der Waals surface area contributed by atoms with Crippen molar-refractivity contribution in [3.8, 4) is 17.2 Å². The van der Waals surface area contributed by atoms with E-state index in [-0.39, 0.29) is 23.3 Å². The number of nitrogens with zero attached hydrogens (tertiary/aromatic N) is 9. The maximum Gasteiger partial charge on any atom is 0.246 e. The summed E-state index contributed by atoms with van der Waals surface area (Å²) in [6.07, 6.45) is 6.33. The largest absolute Gasteiger partial charge is 0.381 e. The molecule has 0 spiro atoms. The van der Waals surface area contributed by atoms with Crippen molar-refractivity contribution >= 4 is 67.8 Å². The van der Waals surface area contributed by atoms with Crippen molar-refractivity contribution < 1.29 is 13.9 Å². The number of hydrogen-bond donors (Lipinski definition) is 0. The molecule has 7 rings (SSSR count). The number of carbonyl (C=O) groups is 1. The number of benzene rings is 2. The second-order valence-electron chi connectivity index (χ2n) is 13.0. The van der Waals surface area contributed by atoms with E-state index < -0.39 is 0 Å². The lowest BCUT2D eigenvalue weighted by atomic mass is 9.90. The topological polar surface area (TPSA) is 116 Å². The number of piperidine rings is 1. The molecule has 50 heavy (non-hydrogen) atoms. The molecule has 5 heterocycles. The van der Waals surface area contributed by atoms with Gasteiger partial charge >= 0.3 is 0 Å². The van der Waals surface area contributed by atoms with Gasteiger partial charge in [0.05, 0.1) is 45.3 Å². The molecule has 2 aliphatic rings. The van der Waals surface area contributed by atoms with Gasteiger partial charge in [-0.1, -0.05) is 34.5 Å². The van der Waals surface area contributed by atoms with Crippen LogP contribution in [0.1, 0.15) is 32.7 Å². The number of ether oxygens (including phenoxy) is 1. The number of hydrogen-bond acceptors (Lipinski definition) is 9. The van der Waals surface area contributed by atoms with E-state index in [2.05, 4.69) is 46.1 Å². The Balaban J connectivity index is 0.00000139. The molecule has 14 heteroatoms. The molecule has 2 aromatic carbocycles. The highest BCUT2D eigenvalue weighted by Crippen LogP contribution is 2.46. The molecule has 5 aromatic rings. The number of pyridine rings is 2. The van der Waals surface area contributed by atoms with Gasteiger partial charge in [-0.05, 0) is 64.2 Å². The third-order valence-corrected chi connectivity index (χ3v) is 10.3. The van der Waals surface area contributed by atoms with E-state index in [9.17, 15) is 9.18 Å². The van der Waals surface area contributed by atoms with E-state index in [1.165, 1.54) is 13.0 Å². The minimum atomic E-state index is -0.373. The number of methoxy groups -OCH3 is 1. The van der Waals surface area contributed by atoms with Gasteiger partial charge in [-0.25, -0.2) is 14.1 Å². The van der Waals surface area contributed by atoms with Crippen LogP contribution in [0.15, 0.2) is 48.7 Å². The fraction of sp³-hybridized carbons (Fsp3) is 0.389. The minimum Gasteiger partial charge on any atom is -0.381 e. The van der Waals surface area contributed by atoms with Crippen LogP contribution in [0.25, 0.3) is 44.0 Å². The summed E-state index contributed by atoms with van der Waals surface area (Å²) in [6.45, 7) is 6.71. The Kier molecular flexibility index (Phi) is 10.2. The summed E-state index contributed by atoms with van der Waals surface area (Å²) in [6, 6.07) is 10.1. The quantitative estimate of drug-likeness (QED) is 0.170. The Morgan fingerprint density at radius 1 is 1.16 bits per heavy atom. The molecule has 1 amide bonds. The zero-order valence-electron chi connectivity index (χ0n) is 28.6. The minimum absolute atomic E-state index is 0.00337. The van der Waals surface area contributed by atoms with Crippen molar-refractivity contribution in [1.29, 1.82) is 5.26 Å². The van der Waals surface area contributed by atoms with Crippen molar-refractivity contribution in [2.45, 2.75) is 38.3 Å². The summed E-state index contributed by atoms with van der Waals surface area (Å²) in [5.41, 5.74) is 3.63. The standard InChI is InChI=1S/C34H35Cl2FN8O2.C2H3N/c1-34(42(2)3)18-44(19-34)33-31-32(45(41-40-31)20-11-14-43(15-12-20)26(46)8-6-16-47-4)23-17-24(35)27(28(36)30(23)39-33)22-9-10-25(37)21-7-5-13-38-29(21)22;1-2-3/h5-10,13,17,20H,11-12,14-16,18-19H2,1-4H3;1H3/b8-6+;. The smallest absolute Gasteiger partial charge is 0.246 e. The summed E-state index contributed by atoms with van der Waals surface area (Å²) < 4.78 is 21.8. The van der Waals surface area contributed by atoms with Gasteiger partial charge in [0, 0.05) is 74.4 Å². The van der Waals surface area contributed by atoms with Crippen LogP contribution in [0.4, 0.5) is 10.2 Å². The Morgan fingerprint density at radius 3 is 2.56 bits per heavy atom. The molecular formula is C36H38Cl2FN9O2. The Morgan fingerprint density at radius 2 is 1.88 bits per heavy atom.